The van der Waals surface area contributed by atoms with Crippen LogP contribution in [0.15, 0.2) is 72.8 Å². The number of para-hydroxylation sites is 1. The molecule has 0 aromatic heterocycles. The first-order valence-corrected chi connectivity index (χ1v) is 14.6. The highest BCUT2D eigenvalue weighted by Crippen LogP contribution is 2.36. The molecule has 0 spiro atoms. The van der Waals surface area contributed by atoms with Crippen LogP contribution in [0.25, 0.3) is 0 Å². The van der Waals surface area contributed by atoms with Crippen LogP contribution < -0.4 is 5.32 Å². The van der Waals surface area contributed by atoms with Crippen LogP contribution in [0.3, 0.4) is 0 Å². The molecule has 0 bridgehead atoms. The van der Waals surface area contributed by atoms with E-state index in [0.717, 1.165) is 50.8 Å². The first-order valence-electron chi connectivity index (χ1n) is 14.6. The molecular weight excluding hydrogens is 464 g/mol. The number of hydrogen-bond acceptors (Lipinski definition) is 1. The number of nitrogens with zero attached hydrogens (tertiary/aromatic N) is 1. The van der Waals surface area contributed by atoms with Gasteiger partial charge in [-0.05, 0) is 91.0 Å². The van der Waals surface area contributed by atoms with Gasteiger partial charge < -0.3 is 10.2 Å². The van der Waals surface area contributed by atoms with E-state index in [0.29, 0.717) is 17.8 Å². The molecule has 1 fully saturated rings. The van der Waals surface area contributed by atoms with Crippen LogP contribution in [0.4, 0.5) is 10.5 Å². The number of hydrogen-bond donors (Lipinski definition) is 1. The molecule has 0 radical (unpaired) electrons. The molecule has 1 N–H and O–H groups in total. The topological polar surface area (TPSA) is 32.3 Å². The van der Waals surface area contributed by atoms with E-state index in [2.05, 4.69) is 118 Å². The number of amides is 2. The van der Waals surface area contributed by atoms with E-state index in [1.54, 1.807) is 0 Å². The van der Waals surface area contributed by atoms with E-state index in [4.69, 9.17) is 0 Å². The van der Waals surface area contributed by atoms with Crippen molar-refractivity contribution in [1.82, 2.24) is 4.90 Å². The Morgan fingerprint density at radius 1 is 0.816 bits per heavy atom. The number of carbonyl (C=O) groups excluding carboxylic acids is 1. The second-order valence-electron chi connectivity index (χ2n) is 11.7. The number of anilines is 1. The first kappa shape index (κ1) is 28.0. The Kier molecular flexibility index (Phi) is 9.66. The molecule has 3 aromatic rings. The Balaban J connectivity index is 1.53. The van der Waals surface area contributed by atoms with Gasteiger partial charge in [-0.25, -0.2) is 4.79 Å². The molecule has 202 valence electrons. The molecule has 1 saturated carbocycles. The summed E-state index contributed by atoms with van der Waals surface area (Å²) in [5.41, 5.74) is 7.61. The summed E-state index contributed by atoms with van der Waals surface area (Å²) in [4.78, 5) is 16.2. The minimum absolute atomic E-state index is 0.0629. The van der Waals surface area contributed by atoms with Crippen molar-refractivity contribution in [3.63, 3.8) is 0 Å². The summed E-state index contributed by atoms with van der Waals surface area (Å²) in [6.45, 7) is 11.8. The van der Waals surface area contributed by atoms with Crippen LogP contribution in [0.5, 0.6) is 0 Å². The molecule has 38 heavy (non-hydrogen) atoms. The average Bonchev–Trinajstić information content (AvgIpc) is 2.92. The summed E-state index contributed by atoms with van der Waals surface area (Å²) in [5, 5.41) is 3.43. The number of nitrogens with one attached hydrogen (secondary N) is 1. The molecule has 4 rings (SSSR count). The van der Waals surface area contributed by atoms with Crippen LogP contribution in [0.2, 0.25) is 0 Å². The molecule has 1 aliphatic carbocycles. The Labute approximate surface area is 230 Å². The fraction of sp³-hybridized carbons (Fsp3) is 0.457. The largest absolute Gasteiger partial charge is 0.322 e. The van der Waals surface area contributed by atoms with E-state index in [1.807, 2.05) is 0 Å². The summed E-state index contributed by atoms with van der Waals surface area (Å²) in [5.74, 6) is 1.29. The van der Waals surface area contributed by atoms with E-state index in [-0.39, 0.29) is 12.1 Å². The molecule has 0 atom stereocenters. The lowest BCUT2D eigenvalue weighted by Gasteiger charge is -2.37. The van der Waals surface area contributed by atoms with Crippen molar-refractivity contribution in [2.75, 3.05) is 11.9 Å². The van der Waals surface area contributed by atoms with Crippen LogP contribution in [0, 0.1) is 6.92 Å². The van der Waals surface area contributed by atoms with Crippen molar-refractivity contribution >= 4 is 11.7 Å². The highest BCUT2D eigenvalue weighted by molar-refractivity contribution is 5.91. The summed E-state index contributed by atoms with van der Waals surface area (Å²) < 4.78 is 0. The third-order valence-corrected chi connectivity index (χ3v) is 8.38. The highest BCUT2D eigenvalue weighted by atomic mass is 16.2. The summed E-state index contributed by atoms with van der Waals surface area (Å²) in [7, 11) is 0. The van der Waals surface area contributed by atoms with Crippen LogP contribution in [-0.2, 0) is 6.42 Å². The van der Waals surface area contributed by atoms with Crippen molar-refractivity contribution in [1.29, 1.82) is 0 Å². The van der Waals surface area contributed by atoms with E-state index in [9.17, 15) is 4.79 Å². The number of urea groups is 1. The Morgan fingerprint density at radius 3 is 2.03 bits per heavy atom. The molecule has 3 nitrogen and oxygen atoms in total. The van der Waals surface area contributed by atoms with Gasteiger partial charge in [-0.2, -0.15) is 0 Å². The van der Waals surface area contributed by atoms with Crippen molar-refractivity contribution in [3.8, 4) is 0 Å². The van der Waals surface area contributed by atoms with Gasteiger partial charge in [-0.3, -0.25) is 0 Å². The Morgan fingerprint density at radius 2 is 1.42 bits per heavy atom. The van der Waals surface area contributed by atoms with Crippen molar-refractivity contribution in [3.05, 3.63) is 101 Å². The monoisotopic (exact) mass is 510 g/mol. The van der Waals surface area contributed by atoms with Gasteiger partial charge >= 0.3 is 6.03 Å². The predicted molar refractivity (Wildman–Crippen MR) is 161 cm³/mol. The fourth-order valence-electron chi connectivity index (χ4n) is 6.10. The number of benzene rings is 3. The second kappa shape index (κ2) is 13.1. The molecule has 0 unspecified atom stereocenters. The normalized spacial score (nSPS) is 17.6. The minimum atomic E-state index is 0.0629. The van der Waals surface area contributed by atoms with E-state index in [1.165, 1.54) is 27.8 Å². The van der Waals surface area contributed by atoms with Gasteiger partial charge in [0.05, 0.1) is 0 Å². The molecular formula is C35H46N2O. The van der Waals surface area contributed by atoms with Gasteiger partial charge in [0.15, 0.2) is 0 Å². The average molecular weight is 511 g/mol. The fourth-order valence-corrected chi connectivity index (χ4v) is 6.10. The molecule has 0 saturated heterocycles. The molecule has 2 amide bonds. The van der Waals surface area contributed by atoms with Gasteiger partial charge in [0, 0.05) is 18.3 Å². The van der Waals surface area contributed by atoms with Gasteiger partial charge in [0.1, 0.15) is 0 Å². The van der Waals surface area contributed by atoms with Crippen molar-refractivity contribution in [2.45, 2.75) is 96.9 Å². The number of rotatable bonds is 9. The van der Waals surface area contributed by atoms with Crippen LogP contribution >= 0.6 is 0 Å². The van der Waals surface area contributed by atoms with Gasteiger partial charge in [0.2, 0.25) is 0 Å². The lowest BCUT2D eigenvalue weighted by atomic mass is 9.81. The Hall–Kier alpha value is -3.07. The maximum Gasteiger partial charge on any atom is 0.322 e. The predicted octanol–water partition coefficient (Wildman–Crippen LogP) is 9.43. The van der Waals surface area contributed by atoms with Gasteiger partial charge in [-0.1, -0.05) is 100 Å². The maximum atomic E-state index is 14.0. The lowest BCUT2D eigenvalue weighted by molar-refractivity contribution is 0.161. The van der Waals surface area contributed by atoms with E-state index >= 15 is 0 Å². The highest BCUT2D eigenvalue weighted by Gasteiger charge is 2.30. The zero-order valence-electron chi connectivity index (χ0n) is 24.0. The quantitative estimate of drug-likeness (QED) is 0.305. The SMILES string of the molecule is Cc1ccccc1CCCN(C(=O)Nc1c(C(C)C)cccc1C(C)C)C1CCC(c2ccccc2)CC1. The van der Waals surface area contributed by atoms with Crippen molar-refractivity contribution < 1.29 is 4.79 Å². The summed E-state index contributed by atoms with van der Waals surface area (Å²) in [6, 6.07) is 26.3. The molecule has 3 aromatic carbocycles. The lowest BCUT2D eigenvalue weighted by Crippen LogP contribution is -2.45. The third kappa shape index (κ3) is 6.87. The smallest absolute Gasteiger partial charge is 0.322 e. The maximum absolute atomic E-state index is 14.0. The summed E-state index contributed by atoms with van der Waals surface area (Å²) >= 11 is 0. The standard InChI is InChI=1S/C35H46N2O/c1-25(2)32-18-11-19-33(26(3)4)34(32)36-35(38)37(24-12-17-28-14-10-9-13-27(28)5)31-22-20-30(21-23-31)29-15-7-6-8-16-29/h6-11,13-16,18-19,25-26,30-31H,12,17,20-24H2,1-5H3,(H,36,38). The zero-order valence-corrected chi connectivity index (χ0v) is 24.0. The summed E-state index contributed by atoms with van der Waals surface area (Å²) in [6.07, 6.45) is 6.35. The first-order chi connectivity index (χ1) is 18.3. The second-order valence-corrected chi connectivity index (χ2v) is 11.7. The van der Waals surface area contributed by atoms with Crippen LogP contribution in [0.1, 0.15) is 105 Å². The number of carbonyl (C=O) groups is 1. The zero-order chi connectivity index (χ0) is 27.1. The van der Waals surface area contributed by atoms with Gasteiger partial charge in [0.25, 0.3) is 0 Å². The molecule has 3 heteroatoms. The van der Waals surface area contributed by atoms with Crippen molar-refractivity contribution in [2.24, 2.45) is 0 Å². The van der Waals surface area contributed by atoms with Gasteiger partial charge in [-0.15, -0.1) is 0 Å². The third-order valence-electron chi connectivity index (χ3n) is 8.38. The minimum Gasteiger partial charge on any atom is -0.322 e. The van der Waals surface area contributed by atoms with E-state index < -0.39 is 0 Å². The van der Waals surface area contributed by atoms with Crippen LogP contribution in [-0.4, -0.2) is 23.5 Å². The molecule has 0 aliphatic heterocycles. The Bertz CT molecular complexity index is 1150. The molecule has 1 aliphatic rings. The molecule has 0 heterocycles. The number of aryl methyl sites for hydroxylation is 2.